The van der Waals surface area contributed by atoms with E-state index in [1.807, 2.05) is 0 Å². The molecule has 1 amide bonds. The van der Waals surface area contributed by atoms with E-state index in [2.05, 4.69) is 10.3 Å². The molecule has 1 aliphatic carbocycles. The van der Waals surface area contributed by atoms with Crippen LogP contribution >= 0.6 is 0 Å². The monoisotopic (exact) mass is 332 g/mol. The van der Waals surface area contributed by atoms with Crippen LogP contribution in [-0.2, 0) is 4.79 Å². The number of carboxylic acid groups (broad SMARTS) is 1. The molecular formula is C17H17FN2O4. The minimum absolute atomic E-state index is 0.111. The van der Waals surface area contributed by atoms with Crippen LogP contribution in [0, 0.1) is 12.7 Å². The summed E-state index contributed by atoms with van der Waals surface area (Å²) in [5.41, 5.74) is 0.903. The fraction of sp³-hybridized carbons (Fsp3) is 0.353. The Morgan fingerprint density at radius 2 is 2.04 bits per heavy atom. The molecule has 0 aliphatic heterocycles. The second-order valence-corrected chi connectivity index (χ2v) is 5.89. The van der Waals surface area contributed by atoms with Crippen molar-refractivity contribution in [1.82, 2.24) is 10.3 Å². The van der Waals surface area contributed by atoms with Crippen LogP contribution in [0.1, 0.15) is 52.4 Å². The van der Waals surface area contributed by atoms with Gasteiger partial charge in [-0.1, -0.05) is 12.1 Å². The number of hydrogen-bond donors (Lipinski definition) is 2. The molecule has 2 aromatic rings. The van der Waals surface area contributed by atoms with E-state index in [0.717, 1.165) is 12.8 Å². The Hall–Kier alpha value is -2.70. The van der Waals surface area contributed by atoms with Gasteiger partial charge in [0, 0.05) is 12.5 Å². The maximum absolute atomic E-state index is 13.0. The summed E-state index contributed by atoms with van der Waals surface area (Å²) in [6.45, 7) is 1.55. The summed E-state index contributed by atoms with van der Waals surface area (Å²) in [6, 6.07) is 5.17. The zero-order valence-corrected chi connectivity index (χ0v) is 13.1. The lowest BCUT2D eigenvalue weighted by Gasteiger charge is -2.13. The van der Waals surface area contributed by atoms with Gasteiger partial charge in [0.2, 0.25) is 5.76 Å². The fourth-order valence-electron chi connectivity index (χ4n) is 2.45. The number of aromatic nitrogens is 1. The van der Waals surface area contributed by atoms with E-state index in [1.165, 1.54) is 24.3 Å². The van der Waals surface area contributed by atoms with E-state index in [-0.39, 0.29) is 18.2 Å². The van der Waals surface area contributed by atoms with Gasteiger partial charge in [-0.15, -0.1) is 0 Å². The van der Waals surface area contributed by atoms with E-state index in [0.29, 0.717) is 17.1 Å². The van der Waals surface area contributed by atoms with Crippen molar-refractivity contribution in [2.75, 3.05) is 6.54 Å². The van der Waals surface area contributed by atoms with Crippen LogP contribution in [0.2, 0.25) is 0 Å². The number of amides is 1. The van der Waals surface area contributed by atoms with Crippen LogP contribution in [-0.4, -0.2) is 28.5 Å². The second-order valence-electron chi connectivity index (χ2n) is 5.89. The van der Waals surface area contributed by atoms with Gasteiger partial charge in [0.15, 0.2) is 5.89 Å². The van der Waals surface area contributed by atoms with Crippen molar-refractivity contribution < 1.29 is 23.5 Å². The molecule has 1 unspecified atom stereocenters. The molecule has 1 aliphatic rings. The molecular weight excluding hydrogens is 315 g/mol. The standard InChI is InChI=1S/C17H17FN2O4/c1-9-14(24-16(20-9)11-2-3-11)15(21)19-8-13(17(22)23)10-4-6-12(18)7-5-10/h4-7,11,13H,2-3,8H2,1H3,(H,19,21)(H,22,23). The predicted octanol–water partition coefficient (Wildman–Crippen LogP) is 2.60. The lowest BCUT2D eigenvalue weighted by Crippen LogP contribution is -2.31. The summed E-state index contributed by atoms with van der Waals surface area (Å²) in [4.78, 5) is 27.9. The third-order valence-electron chi connectivity index (χ3n) is 3.98. The number of nitrogens with one attached hydrogen (secondary N) is 1. The van der Waals surface area contributed by atoms with Gasteiger partial charge in [0.25, 0.3) is 5.91 Å². The summed E-state index contributed by atoms with van der Waals surface area (Å²) < 4.78 is 18.5. The molecule has 0 saturated heterocycles. The highest BCUT2D eigenvalue weighted by Gasteiger charge is 2.31. The molecule has 7 heteroatoms. The van der Waals surface area contributed by atoms with Crippen LogP contribution in [0.5, 0.6) is 0 Å². The van der Waals surface area contributed by atoms with Crippen molar-refractivity contribution in [3.05, 3.63) is 53.0 Å². The Balaban J connectivity index is 1.69. The third-order valence-corrected chi connectivity index (χ3v) is 3.98. The van der Waals surface area contributed by atoms with Crippen molar-refractivity contribution in [1.29, 1.82) is 0 Å². The number of hydrogen-bond acceptors (Lipinski definition) is 4. The van der Waals surface area contributed by atoms with E-state index in [9.17, 15) is 19.1 Å². The van der Waals surface area contributed by atoms with Gasteiger partial charge in [0.05, 0.1) is 11.6 Å². The summed E-state index contributed by atoms with van der Waals surface area (Å²) in [5, 5.41) is 11.9. The Labute approximate surface area is 137 Å². The molecule has 1 aromatic carbocycles. The molecule has 24 heavy (non-hydrogen) atoms. The van der Waals surface area contributed by atoms with Gasteiger partial charge in [-0.2, -0.15) is 0 Å². The van der Waals surface area contributed by atoms with Gasteiger partial charge >= 0.3 is 5.97 Å². The number of aryl methyl sites for hydroxylation is 1. The Morgan fingerprint density at radius 3 is 2.62 bits per heavy atom. The maximum atomic E-state index is 13.0. The Morgan fingerprint density at radius 1 is 1.38 bits per heavy atom. The first-order valence-corrected chi connectivity index (χ1v) is 7.69. The molecule has 6 nitrogen and oxygen atoms in total. The average molecular weight is 332 g/mol. The van der Waals surface area contributed by atoms with Crippen LogP contribution in [0.15, 0.2) is 28.7 Å². The number of benzene rings is 1. The van der Waals surface area contributed by atoms with Crippen LogP contribution in [0.25, 0.3) is 0 Å². The minimum atomic E-state index is -1.10. The lowest BCUT2D eigenvalue weighted by atomic mass is 9.99. The first-order chi connectivity index (χ1) is 11.5. The van der Waals surface area contributed by atoms with Gasteiger partial charge in [0.1, 0.15) is 5.82 Å². The van der Waals surface area contributed by atoms with E-state index in [1.54, 1.807) is 6.92 Å². The molecule has 0 bridgehead atoms. The molecule has 1 aromatic heterocycles. The number of carboxylic acids is 1. The smallest absolute Gasteiger partial charge is 0.312 e. The molecule has 1 atom stereocenters. The van der Waals surface area contributed by atoms with E-state index in [4.69, 9.17) is 4.42 Å². The molecule has 1 saturated carbocycles. The summed E-state index contributed by atoms with van der Waals surface area (Å²) in [7, 11) is 0. The van der Waals surface area contributed by atoms with Gasteiger partial charge in [-0.3, -0.25) is 9.59 Å². The second kappa shape index (κ2) is 6.43. The number of carbonyl (C=O) groups excluding carboxylic acids is 1. The van der Waals surface area contributed by atoms with Gasteiger partial charge in [-0.05, 0) is 37.5 Å². The highest BCUT2D eigenvalue weighted by Crippen LogP contribution is 2.40. The molecule has 3 rings (SSSR count). The molecule has 126 valence electrons. The zero-order valence-electron chi connectivity index (χ0n) is 13.1. The van der Waals surface area contributed by atoms with Gasteiger partial charge < -0.3 is 14.8 Å². The first kappa shape index (κ1) is 16.2. The van der Waals surface area contributed by atoms with Crippen molar-refractivity contribution in [3.8, 4) is 0 Å². The Bertz CT molecular complexity index is 765. The number of oxazole rings is 1. The number of carbonyl (C=O) groups is 2. The molecule has 0 radical (unpaired) electrons. The van der Waals surface area contributed by atoms with Crippen LogP contribution in [0.4, 0.5) is 4.39 Å². The molecule has 0 spiro atoms. The topological polar surface area (TPSA) is 92.4 Å². The fourth-order valence-corrected chi connectivity index (χ4v) is 2.45. The Kier molecular flexibility index (Phi) is 4.33. The third kappa shape index (κ3) is 3.45. The maximum Gasteiger partial charge on any atom is 0.312 e. The normalized spacial score (nSPS) is 15.1. The van der Waals surface area contributed by atoms with Crippen molar-refractivity contribution in [2.45, 2.75) is 31.6 Å². The minimum Gasteiger partial charge on any atom is -0.481 e. The first-order valence-electron chi connectivity index (χ1n) is 7.69. The highest BCUT2D eigenvalue weighted by molar-refractivity contribution is 5.92. The summed E-state index contributed by atoms with van der Waals surface area (Å²) in [5.74, 6) is -2.06. The predicted molar refractivity (Wildman–Crippen MR) is 82.3 cm³/mol. The highest BCUT2D eigenvalue weighted by atomic mass is 19.1. The number of nitrogens with zero attached hydrogens (tertiary/aromatic N) is 1. The number of halogens is 1. The van der Waals surface area contributed by atoms with Gasteiger partial charge in [-0.25, -0.2) is 9.37 Å². The summed E-state index contributed by atoms with van der Waals surface area (Å²) >= 11 is 0. The lowest BCUT2D eigenvalue weighted by molar-refractivity contribution is -0.138. The summed E-state index contributed by atoms with van der Waals surface area (Å²) in [6.07, 6.45) is 2.01. The van der Waals surface area contributed by atoms with E-state index >= 15 is 0 Å². The quantitative estimate of drug-likeness (QED) is 0.848. The number of rotatable bonds is 6. The zero-order chi connectivity index (χ0) is 17.3. The van der Waals surface area contributed by atoms with Crippen molar-refractivity contribution in [3.63, 3.8) is 0 Å². The van der Waals surface area contributed by atoms with Crippen LogP contribution < -0.4 is 5.32 Å². The molecule has 1 fully saturated rings. The largest absolute Gasteiger partial charge is 0.481 e. The molecule has 2 N–H and O–H groups in total. The van der Waals surface area contributed by atoms with Crippen molar-refractivity contribution >= 4 is 11.9 Å². The van der Waals surface area contributed by atoms with Crippen molar-refractivity contribution in [2.24, 2.45) is 0 Å². The number of aliphatic carboxylic acids is 1. The average Bonchev–Trinajstić information content (AvgIpc) is 3.31. The SMILES string of the molecule is Cc1nc(C2CC2)oc1C(=O)NCC(C(=O)O)c1ccc(F)cc1. The van der Waals surface area contributed by atoms with E-state index < -0.39 is 23.6 Å². The molecule has 1 heterocycles. The van der Waals surface area contributed by atoms with Crippen LogP contribution in [0.3, 0.4) is 0 Å².